The number of halogens is 2. The molecular weight excluding hydrogens is 380 g/mol. The number of aliphatic hydroxyl groups is 1. The van der Waals surface area contributed by atoms with Crippen molar-refractivity contribution < 1.29 is 5.11 Å². The van der Waals surface area contributed by atoms with E-state index in [-0.39, 0.29) is 0 Å². The van der Waals surface area contributed by atoms with Crippen LogP contribution in [-0.4, -0.2) is 5.11 Å². The quantitative estimate of drug-likeness (QED) is 0.722. The summed E-state index contributed by atoms with van der Waals surface area (Å²) in [6.07, 6.45) is 0.429. The molecule has 1 N–H and O–H groups in total. The molecule has 1 unspecified atom stereocenters. The molecule has 0 bridgehead atoms. The molecular formula is C17H18Br2O. The summed E-state index contributed by atoms with van der Waals surface area (Å²) in [6, 6.07) is 14.1. The molecule has 0 saturated carbocycles. The molecule has 0 radical (unpaired) electrons. The fraction of sp³-hybridized carbons (Fsp3) is 0.294. The minimum absolute atomic E-state index is 0.601. The lowest BCUT2D eigenvalue weighted by atomic mass is 9.96. The van der Waals surface area contributed by atoms with Crippen molar-refractivity contribution in [2.45, 2.75) is 26.4 Å². The van der Waals surface area contributed by atoms with Crippen LogP contribution in [0.1, 0.15) is 36.6 Å². The Hall–Kier alpha value is -0.640. The Kier molecular flexibility index (Phi) is 5.42. The van der Waals surface area contributed by atoms with Crippen molar-refractivity contribution in [3.63, 3.8) is 0 Å². The molecule has 3 heteroatoms. The van der Waals surface area contributed by atoms with Crippen molar-refractivity contribution in [2.24, 2.45) is 5.92 Å². The van der Waals surface area contributed by atoms with E-state index in [1.807, 2.05) is 30.3 Å². The number of hydrogen-bond acceptors (Lipinski definition) is 1. The smallest absolute Gasteiger partial charge is 0.104 e. The second-order valence-corrected chi connectivity index (χ2v) is 7.28. The first kappa shape index (κ1) is 15.7. The minimum atomic E-state index is -0.601. The second kappa shape index (κ2) is 6.88. The topological polar surface area (TPSA) is 20.2 Å². The van der Waals surface area contributed by atoms with Crippen LogP contribution >= 0.6 is 31.9 Å². The summed E-state index contributed by atoms with van der Waals surface area (Å²) >= 11 is 6.92. The van der Waals surface area contributed by atoms with Gasteiger partial charge in [-0.3, -0.25) is 0 Å². The van der Waals surface area contributed by atoms with Gasteiger partial charge >= 0.3 is 0 Å². The maximum atomic E-state index is 10.6. The Morgan fingerprint density at radius 3 is 2.20 bits per heavy atom. The van der Waals surface area contributed by atoms with Gasteiger partial charge in [-0.1, -0.05) is 70.0 Å². The van der Waals surface area contributed by atoms with E-state index in [4.69, 9.17) is 0 Å². The Bertz CT molecular complexity index is 573. The predicted molar refractivity (Wildman–Crippen MR) is 90.9 cm³/mol. The van der Waals surface area contributed by atoms with Gasteiger partial charge in [0, 0.05) is 8.95 Å². The molecule has 0 spiro atoms. The summed E-state index contributed by atoms with van der Waals surface area (Å²) in [4.78, 5) is 0. The molecule has 0 fully saturated rings. The SMILES string of the molecule is CC(C)Cc1cccc(C(O)c2cc(Br)cc(Br)c2)c1. The van der Waals surface area contributed by atoms with Crippen LogP contribution < -0.4 is 0 Å². The van der Waals surface area contributed by atoms with E-state index < -0.39 is 6.10 Å². The van der Waals surface area contributed by atoms with Crippen LogP contribution in [0.3, 0.4) is 0 Å². The fourth-order valence-electron chi connectivity index (χ4n) is 2.29. The normalized spacial score (nSPS) is 12.7. The van der Waals surface area contributed by atoms with E-state index in [2.05, 4.69) is 57.8 Å². The highest BCUT2D eigenvalue weighted by Gasteiger charge is 2.12. The average Bonchev–Trinajstić information content (AvgIpc) is 2.36. The van der Waals surface area contributed by atoms with Gasteiger partial charge < -0.3 is 5.11 Å². The maximum absolute atomic E-state index is 10.6. The van der Waals surface area contributed by atoms with Gasteiger partial charge in [0.1, 0.15) is 6.10 Å². The van der Waals surface area contributed by atoms with Crippen LogP contribution in [0.15, 0.2) is 51.4 Å². The highest BCUT2D eigenvalue weighted by Crippen LogP contribution is 2.28. The van der Waals surface area contributed by atoms with Crippen molar-refractivity contribution >= 4 is 31.9 Å². The molecule has 1 nitrogen and oxygen atoms in total. The van der Waals surface area contributed by atoms with Crippen molar-refractivity contribution in [3.05, 3.63) is 68.1 Å². The van der Waals surface area contributed by atoms with Crippen LogP contribution in [0.2, 0.25) is 0 Å². The monoisotopic (exact) mass is 396 g/mol. The van der Waals surface area contributed by atoms with Crippen molar-refractivity contribution in [1.82, 2.24) is 0 Å². The molecule has 0 heterocycles. The van der Waals surface area contributed by atoms with Gasteiger partial charge in [-0.2, -0.15) is 0 Å². The van der Waals surface area contributed by atoms with Gasteiger partial charge in [-0.05, 0) is 47.2 Å². The van der Waals surface area contributed by atoms with Gasteiger partial charge in [0.15, 0.2) is 0 Å². The lowest BCUT2D eigenvalue weighted by Gasteiger charge is -2.14. The first-order chi connectivity index (χ1) is 9.45. The van der Waals surface area contributed by atoms with Gasteiger partial charge in [0.05, 0.1) is 0 Å². The van der Waals surface area contributed by atoms with Crippen LogP contribution in [0.25, 0.3) is 0 Å². The summed E-state index contributed by atoms with van der Waals surface area (Å²) in [5, 5.41) is 10.6. The third-order valence-corrected chi connectivity index (χ3v) is 4.03. The van der Waals surface area contributed by atoms with Crippen LogP contribution in [0.4, 0.5) is 0 Å². The molecule has 20 heavy (non-hydrogen) atoms. The van der Waals surface area contributed by atoms with Crippen LogP contribution in [0.5, 0.6) is 0 Å². The predicted octanol–water partition coefficient (Wildman–Crippen LogP) is 5.49. The lowest BCUT2D eigenvalue weighted by Crippen LogP contribution is -2.02. The standard InChI is InChI=1S/C17H18Br2O/c1-11(2)6-12-4-3-5-13(7-12)17(20)14-8-15(18)10-16(19)9-14/h3-5,7-11,17,20H,6H2,1-2H3. The van der Waals surface area contributed by atoms with Crippen molar-refractivity contribution in [3.8, 4) is 0 Å². The number of aliphatic hydroxyl groups excluding tert-OH is 1. The maximum Gasteiger partial charge on any atom is 0.104 e. The molecule has 0 saturated heterocycles. The highest BCUT2D eigenvalue weighted by atomic mass is 79.9. The Morgan fingerprint density at radius 2 is 1.60 bits per heavy atom. The first-order valence-electron chi connectivity index (χ1n) is 6.68. The molecule has 1 atom stereocenters. The number of benzene rings is 2. The van der Waals surface area contributed by atoms with E-state index in [0.717, 1.165) is 26.5 Å². The van der Waals surface area contributed by atoms with E-state index in [1.54, 1.807) is 0 Å². The summed E-state index contributed by atoms with van der Waals surface area (Å²) < 4.78 is 1.92. The molecule has 2 rings (SSSR count). The Balaban J connectivity index is 2.30. The first-order valence-corrected chi connectivity index (χ1v) is 8.27. The molecule has 0 aliphatic rings. The molecule has 0 aliphatic carbocycles. The molecule has 2 aromatic rings. The van der Waals surface area contributed by atoms with Crippen LogP contribution in [0, 0.1) is 5.92 Å². The Labute approximate surface area is 137 Å². The van der Waals surface area contributed by atoms with Crippen molar-refractivity contribution in [2.75, 3.05) is 0 Å². The zero-order valence-electron chi connectivity index (χ0n) is 11.6. The zero-order chi connectivity index (χ0) is 14.7. The highest BCUT2D eigenvalue weighted by molar-refractivity contribution is 9.11. The van der Waals surface area contributed by atoms with Gasteiger partial charge in [-0.15, -0.1) is 0 Å². The molecule has 0 aromatic heterocycles. The minimum Gasteiger partial charge on any atom is -0.384 e. The third-order valence-electron chi connectivity index (χ3n) is 3.11. The van der Waals surface area contributed by atoms with Gasteiger partial charge in [0.2, 0.25) is 0 Å². The number of rotatable bonds is 4. The third kappa shape index (κ3) is 4.18. The second-order valence-electron chi connectivity index (χ2n) is 5.45. The average molecular weight is 398 g/mol. The molecule has 0 amide bonds. The van der Waals surface area contributed by atoms with Gasteiger partial charge in [-0.25, -0.2) is 0 Å². The van der Waals surface area contributed by atoms with Gasteiger partial charge in [0.25, 0.3) is 0 Å². The number of hydrogen-bond donors (Lipinski definition) is 1. The van der Waals surface area contributed by atoms with E-state index in [1.165, 1.54) is 5.56 Å². The largest absolute Gasteiger partial charge is 0.384 e. The molecule has 0 aliphatic heterocycles. The summed E-state index contributed by atoms with van der Waals surface area (Å²) in [7, 11) is 0. The summed E-state index contributed by atoms with van der Waals surface area (Å²) in [5.41, 5.74) is 3.09. The molecule has 106 valence electrons. The Morgan fingerprint density at radius 1 is 0.950 bits per heavy atom. The van der Waals surface area contributed by atoms with E-state index in [0.29, 0.717) is 5.92 Å². The van der Waals surface area contributed by atoms with E-state index >= 15 is 0 Å². The zero-order valence-corrected chi connectivity index (χ0v) is 14.8. The fourth-order valence-corrected chi connectivity index (χ4v) is 3.62. The van der Waals surface area contributed by atoms with Crippen molar-refractivity contribution in [1.29, 1.82) is 0 Å². The summed E-state index contributed by atoms with van der Waals surface area (Å²) in [5.74, 6) is 0.613. The summed E-state index contributed by atoms with van der Waals surface area (Å²) in [6.45, 7) is 4.41. The molecule has 2 aromatic carbocycles. The van der Waals surface area contributed by atoms with E-state index in [9.17, 15) is 5.11 Å². The lowest BCUT2D eigenvalue weighted by molar-refractivity contribution is 0.220. The van der Waals surface area contributed by atoms with Crippen LogP contribution in [-0.2, 0) is 6.42 Å².